The average Bonchev–Trinajstić information content (AvgIpc) is 2.73. The maximum Gasteiger partial charge on any atom is 0.0926 e. The number of hydrogen-bond donors (Lipinski definition) is 1. The fourth-order valence-electron chi connectivity index (χ4n) is 2.25. The molecule has 1 aliphatic heterocycles. The lowest BCUT2D eigenvalue weighted by Crippen LogP contribution is -2.43. The number of aromatic nitrogens is 1. The molecule has 0 aromatic carbocycles. The molecule has 2 heterocycles. The van der Waals surface area contributed by atoms with Crippen LogP contribution in [0.2, 0.25) is 0 Å². The molecule has 4 heteroatoms. The molecule has 1 unspecified atom stereocenters. The van der Waals surface area contributed by atoms with Crippen LogP contribution in [0.1, 0.15) is 44.3 Å². The number of ether oxygens (including phenoxy) is 1. The highest BCUT2D eigenvalue weighted by Crippen LogP contribution is 2.24. The Morgan fingerprint density at radius 3 is 3.06 bits per heavy atom. The molecule has 0 bridgehead atoms. The summed E-state index contributed by atoms with van der Waals surface area (Å²) in [4.78, 5) is 4.57. The van der Waals surface area contributed by atoms with Gasteiger partial charge in [-0.05, 0) is 33.1 Å². The van der Waals surface area contributed by atoms with E-state index >= 15 is 0 Å². The number of aryl methyl sites for hydroxylation is 1. The van der Waals surface area contributed by atoms with E-state index in [1.165, 1.54) is 10.7 Å². The van der Waals surface area contributed by atoms with Gasteiger partial charge in [0.2, 0.25) is 0 Å². The minimum Gasteiger partial charge on any atom is -0.375 e. The second-order valence-electron chi connectivity index (χ2n) is 5.26. The first-order valence-corrected chi connectivity index (χ1v) is 7.27. The topological polar surface area (TPSA) is 34.2 Å². The van der Waals surface area contributed by atoms with Crippen LogP contribution in [0.5, 0.6) is 0 Å². The van der Waals surface area contributed by atoms with Gasteiger partial charge in [0.15, 0.2) is 0 Å². The van der Waals surface area contributed by atoms with Crippen molar-refractivity contribution in [2.75, 3.05) is 6.61 Å². The van der Waals surface area contributed by atoms with Crippen LogP contribution in [0, 0.1) is 0 Å². The van der Waals surface area contributed by atoms with Crippen LogP contribution in [0.3, 0.4) is 0 Å². The van der Waals surface area contributed by atoms with Crippen LogP contribution >= 0.6 is 11.3 Å². The SMILES string of the molecule is CCc1nc(CNC2CCOC(C)(C)C2)cs1. The van der Waals surface area contributed by atoms with Gasteiger partial charge in [-0.2, -0.15) is 0 Å². The van der Waals surface area contributed by atoms with Crippen molar-refractivity contribution in [3.8, 4) is 0 Å². The van der Waals surface area contributed by atoms with Crippen LogP contribution in [0.25, 0.3) is 0 Å². The third-order valence-electron chi connectivity index (χ3n) is 3.17. The van der Waals surface area contributed by atoms with Gasteiger partial charge >= 0.3 is 0 Å². The van der Waals surface area contributed by atoms with E-state index < -0.39 is 0 Å². The molecule has 96 valence electrons. The molecule has 1 fully saturated rings. The Morgan fingerprint density at radius 2 is 2.41 bits per heavy atom. The van der Waals surface area contributed by atoms with Crippen LogP contribution in [0.4, 0.5) is 0 Å². The monoisotopic (exact) mass is 254 g/mol. The molecule has 3 nitrogen and oxygen atoms in total. The molecule has 0 amide bonds. The standard InChI is InChI=1S/C13H22N2OS/c1-4-12-15-11(9-17-12)8-14-10-5-6-16-13(2,3)7-10/h9-10,14H,4-8H2,1-3H3. The first-order valence-electron chi connectivity index (χ1n) is 6.40. The second kappa shape index (κ2) is 5.46. The van der Waals surface area contributed by atoms with Gasteiger partial charge in [-0.1, -0.05) is 6.92 Å². The van der Waals surface area contributed by atoms with Crippen molar-refractivity contribution in [1.82, 2.24) is 10.3 Å². The van der Waals surface area contributed by atoms with Crippen molar-refractivity contribution in [3.63, 3.8) is 0 Å². The van der Waals surface area contributed by atoms with E-state index in [1.807, 2.05) is 0 Å². The molecule has 0 saturated carbocycles. The summed E-state index contributed by atoms with van der Waals surface area (Å²) in [6.07, 6.45) is 3.22. The summed E-state index contributed by atoms with van der Waals surface area (Å²) in [7, 11) is 0. The smallest absolute Gasteiger partial charge is 0.0926 e. The molecule has 0 aliphatic carbocycles. The van der Waals surface area contributed by atoms with E-state index in [2.05, 4.69) is 36.5 Å². The van der Waals surface area contributed by atoms with E-state index in [-0.39, 0.29) is 5.60 Å². The van der Waals surface area contributed by atoms with E-state index in [1.54, 1.807) is 11.3 Å². The summed E-state index contributed by atoms with van der Waals surface area (Å²) in [6.45, 7) is 8.23. The van der Waals surface area contributed by atoms with Gasteiger partial charge in [0.25, 0.3) is 0 Å². The Kier molecular flexibility index (Phi) is 4.17. The number of rotatable bonds is 4. The first kappa shape index (κ1) is 13.0. The normalized spacial score (nSPS) is 23.8. The quantitative estimate of drug-likeness (QED) is 0.897. The van der Waals surface area contributed by atoms with Gasteiger partial charge in [0.05, 0.1) is 16.3 Å². The van der Waals surface area contributed by atoms with Gasteiger partial charge < -0.3 is 10.1 Å². The summed E-state index contributed by atoms with van der Waals surface area (Å²) in [5.41, 5.74) is 1.20. The largest absolute Gasteiger partial charge is 0.375 e. The zero-order valence-corrected chi connectivity index (χ0v) is 11.8. The summed E-state index contributed by atoms with van der Waals surface area (Å²) < 4.78 is 5.72. The fourth-order valence-corrected chi connectivity index (χ4v) is 2.99. The van der Waals surface area contributed by atoms with Gasteiger partial charge in [-0.3, -0.25) is 0 Å². The molecule has 2 rings (SSSR count). The number of nitrogens with zero attached hydrogens (tertiary/aromatic N) is 1. The van der Waals surface area contributed by atoms with Gasteiger partial charge in [0.1, 0.15) is 0 Å². The minimum absolute atomic E-state index is 0.0204. The lowest BCUT2D eigenvalue weighted by Gasteiger charge is -2.35. The van der Waals surface area contributed by atoms with Crippen LogP contribution < -0.4 is 5.32 Å². The van der Waals surface area contributed by atoms with Crippen molar-refractivity contribution >= 4 is 11.3 Å². The molecule has 1 saturated heterocycles. The number of hydrogen-bond acceptors (Lipinski definition) is 4. The highest BCUT2D eigenvalue weighted by molar-refractivity contribution is 7.09. The Hall–Kier alpha value is -0.450. The molecule has 1 aromatic heterocycles. The summed E-state index contributed by atoms with van der Waals surface area (Å²) in [5, 5.41) is 6.99. The maximum atomic E-state index is 5.72. The zero-order valence-electron chi connectivity index (χ0n) is 11.0. The van der Waals surface area contributed by atoms with Crippen LogP contribution in [-0.2, 0) is 17.7 Å². The van der Waals surface area contributed by atoms with Gasteiger partial charge in [-0.15, -0.1) is 11.3 Å². The van der Waals surface area contributed by atoms with Gasteiger partial charge in [-0.25, -0.2) is 4.98 Å². The summed E-state index contributed by atoms with van der Waals surface area (Å²) in [5.74, 6) is 0. The zero-order chi connectivity index (χ0) is 12.3. The van der Waals surface area contributed by atoms with E-state index in [9.17, 15) is 0 Å². The summed E-state index contributed by atoms with van der Waals surface area (Å²) >= 11 is 1.76. The molecule has 17 heavy (non-hydrogen) atoms. The summed E-state index contributed by atoms with van der Waals surface area (Å²) in [6, 6.07) is 0.561. The van der Waals surface area contributed by atoms with Crippen LogP contribution in [0.15, 0.2) is 5.38 Å². The number of nitrogens with one attached hydrogen (secondary N) is 1. The van der Waals surface area contributed by atoms with Crippen LogP contribution in [-0.4, -0.2) is 23.2 Å². The van der Waals surface area contributed by atoms with Crippen molar-refractivity contribution in [2.45, 2.75) is 58.2 Å². The molecule has 1 atom stereocenters. The highest BCUT2D eigenvalue weighted by Gasteiger charge is 2.28. The number of thiazole rings is 1. The van der Waals surface area contributed by atoms with Crippen molar-refractivity contribution in [1.29, 1.82) is 0 Å². The Labute approximate surface area is 108 Å². The Balaban J connectivity index is 1.81. The molecule has 1 N–H and O–H groups in total. The molecule has 1 aliphatic rings. The van der Waals surface area contributed by atoms with Crippen molar-refractivity contribution < 1.29 is 4.74 Å². The molecule has 0 spiro atoms. The first-order chi connectivity index (χ1) is 8.09. The maximum absolute atomic E-state index is 5.72. The van der Waals surface area contributed by atoms with E-state index in [4.69, 9.17) is 4.74 Å². The fraction of sp³-hybridized carbons (Fsp3) is 0.769. The van der Waals surface area contributed by atoms with Crippen molar-refractivity contribution in [2.24, 2.45) is 0 Å². The molecular weight excluding hydrogens is 232 g/mol. The lowest BCUT2D eigenvalue weighted by molar-refractivity contribution is -0.0631. The van der Waals surface area contributed by atoms with E-state index in [0.29, 0.717) is 6.04 Å². The Morgan fingerprint density at radius 1 is 1.59 bits per heavy atom. The third kappa shape index (κ3) is 3.76. The Bertz CT molecular complexity index is 362. The predicted octanol–water partition coefficient (Wildman–Crippen LogP) is 2.75. The predicted molar refractivity (Wildman–Crippen MR) is 71.4 cm³/mol. The minimum atomic E-state index is 0.0204. The molecular formula is C13H22N2OS. The molecule has 0 radical (unpaired) electrons. The van der Waals surface area contributed by atoms with E-state index in [0.717, 1.165) is 32.4 Å². The second-order valence-corrected chi connectivity index (χ2v) is 6.21. The molecule has 1 aromatic rings. The van der Waals surface area contributed by atoms with Crippen molar-refractivity contribution in [3.05, 3.63) is 16.1 Å². The van der Waals surface area contributed by atoms with Gasteiger partial charge in [0, 0.05) is 24.6 Å². The lowest BCUT2D eigenvalue weighted by atomic mass is 9.94. The highest BCUT2D eigenvalue weighted by atomic mass is 32.1. The third-order valence-corrected chi connectivity index (χ3v) is 4.21. The average molecular weight is 254 g/mol.